The minimum Gasteiger partial charge on any atom is -0.488 e. The molecule has 0 amide bonds. The molecule has 1 aliphatic heterocycles. The van der Waals surface area contributed by atoms with Crippen LogP contribution in [0, 0.1) is 0 Å². The molecule has 1 saturated heterocycles. The lowest BCUT2D eigenvalue weighted by molar-refractivity contribution is 0.0697. The van der Waals surface area contributed by atoms with Crippen LogP contribution in [0.5, 0.6) is 5.75 Å². The van der Waals surface area contributed by atoms with E-state index in [9.17, 15) is 13.2 Å². The van der Waals surface area contributed by atoms with Crippen LogP contribution in [0.2, 0.25) is 0 Å². The lowest BCUT2D eigenvalue weighted by Crippen LogP contribution is -2.45. The Kier molecular flexibility index (Phi) is 2.59. The highest BCUT2D eigenvalue weighted by Gasteiger charge is 2.35. The fraction of sp³-hybridized carbons (Fsp3) is 0.300. The summed E-state index contributed by atoms with van der Waals surface area (Å²) in [5.41, 5.74) is 0.175. The van der Waals surface area contributed by atoms with Crippen molar-refractivity contribution in [2.24, 2.45) is 0 Å². The van der Waals surface area contributed by atoms with Crippen LogP contribution in [-0.4, -0.2) is 37.1 Å². The summed E-state index contributed by atoms with van der Waals surface area (Å²) in [6, 6.07) is 5.89. The largest absolute Gasteiger partial charge is 0.488 e. The van der Waals surface area contributed by atoms with E-state index < -0.39 is 15.8 Å². The van der Waals surface area contributed by atoms with E-state index in [-0.39, 0.29) is 23.2 Å². The smallest absolute Gasteiger partial charge is 0.335 e. The first-order valence-corrected chi connectivity index (χ1v) is 6.49. The van der Waals surface area contributed by atoms with Gasteiger partial charge in [-0.15, -0.1) is 0 Å². The molecule has 1 fully saturated rings. The van der Waals surface area contributed by atoms with Crippen LogP contribution < -0.4 is 4.74 Å². The van der Waals surface area contributed by atoms with E-state index in [1.54, 1.807) is 0 Å². The van der Waals surface area contributed by atoms with E-state index >= 15 is 0 Å². The molecule has 1 heterocycles. The molecule has 0 radical (unpaired) electrons. The highest BCUT2D eigenvalue weighted by Crippen LogP contribution is 2.20. The van der Waals surface area contributed by atoms with Crippen LogP contribution >= 0.6 is 0 Å². The first-order valence-electron chi connectivity index (χ1n) is 4.67. The zero-order chi connectivity index (χ0) is 11.8. The Balaban J connectivity index is 1.99. The van der Waals surface area contributed by atoms with Gasteiger partial charge in [-0.3, -0.25) is 0 Å². The van der Waals surface area contributed by atoms with Crippen molar-refractivity contribution in [3.8, 4) is 5.75 Å². The molecule has 0 spiro atoms. The first kappa shape index (κ1) is 10.9. The Labute approximate surface area is 92.6 Å². The maximum Gasteiger partial charge on any atom is 0.335 e. The van der Waals surface area contributed by atoms with Gasteiger partial charge in [0.25, 0.3) is 0 Å². The van der Waals surface area contributed by atoms with E-state index in [4.69, 9.17) is 9.84 Å². The van der Waals surface area contributed by atoms with E-state index in [0.29, 0.717) is 5.75 Å². The Morgan fingerprint density at radius 3 is 2.25 bits per heavy atom. The van der Waals surface area contributed by atoms with Gasteiger partial charge in [0.05, 0.1) is 17.1 Å². The predicted octanol–water partition coefficient (Wildman–Crippen LogP) is 0.561. The zero-order valence-electron chi connectivity index (χ0n) is 8.29. The van der Waals surface area contributed by atoms with Gasteiger partial charge in [0.2, 0.25) is 0 Å². The third kappa shape index (κ3) is 2.33. The van der Waals surface area contributed by atoms with Crippen LogP contribution in [0.4, 0.5) is 0 Å². The van der Waals surface area contributed by atoms with Crippen molar-refractivity contribution in [3.63, 3.8) is 0 Å². The van der Waals surface area contributed by atoms with Gasteiger partial charge >= 0.3 is 5.97 Å². The second-order valence-corrected chi connectivity index (χ2v) is 5.80. The number of sulfone groups is 1. The number of carboxylic acids is 1. The molecule has 0 unspecified atom stereocenters. The lowest BCUT2D eigenvalue weighted by atomic mass is 10.2. The molecule has 5 nitrogen and oxygen atoms in total. The normalized spacial score (nSPS) is 18.8. The molecule has 1 aliphatic rings. The van der Waals surface area contributed by atoms with Crippen molar-refractivity contribution in [2.45, 2.75) is 6.10 Å². The van der Waals surface area contributed by atoms with Gasteiger partial charge in [0.15, 0.2) is 9.84 Å². The summed E-state index contributed by atoms with van der Waals surface area (Å²) in [4.78, 5) is 10.6. The topological polar surface area (TPSA) is 80.7 Å². The molecule has 86 valence electrons. The van der Waals surface area contributed by atoms with Crippen LogP contribution in [0.15, 0.2) is 24.3 Å². The summed E-state index contributed by atoms with van der Waals surface area (Å²) < 4.78 is 27.1. The fourth-order valence-corrected chi connectivity index (χ4v) is 2.63. The predicted molar refractivity (Wildman–Crippen MR) is 56.5 cm³/mol. The number of aromatic carboxylic acids is 1. The van der Waals surface area contributed by atoms with E-state index in [1.807, 2.05) is 0 Å². The Morgan fingerprint density at radius 1 is 1.25 bits per heavy atom. The molecular formula is C10H10O5S. The average molecular weight is 242 g/mol. The second kappa shape index (κ2) is 3.79. The van der Waals surface area contributed by atoms with E-state index in [0.717, 1.165) is 0 Å². The quantitative estimate of drug-likeness (QED) is 0.837. The summed E-state index contributed by atoms with van der Waals surface area (Å²) in [6.07, 6.45) is -0.305. The van der Waals surface area contributed by atoms with Crippen LogP contribution in [-0.2, 0) is 9.84 Å². The van der Waals surface area contributed by atoms with Gasteiger partial charge < -0.3 is 9.84 Å². The average Bonchev–Trinajstić information content (AvgIpc) is 2.15. The van der Waals surface area contributed by atoms with Crippen LogP contribution in [0.3, 0.4) is 0 Å². The standard InChI is InChI=1S/C10H10O5S/c11-10(12)7-1-3-8(4-2-7)15-9-5-16(13,14)6-9/h1-4,9H,5-6H2,(H,11,12). The van der Waals surface area contributed by atoms with Gasteiger partial charge in [-0.1, -0.05) is 0 Å². The molecule has 0 saturated carbocycles. The Bertz CT molecular complexity index is 491. The van der Waals surface area contributed by atoms with Gasteiger partial charge in [-0.25, -0.2) is 13.2 Å². The molecule has 2 rings (SSSR count). The third-order valence-corrected chi connectivity index (χ3v) is 4.04. The zero-order valence-corrected chi connectivity index (χ0v) is 9.11. The number of ether oxygens (including phenoxy) is 1. The van der Waals surface area contributed by atoms with Crippen molar-refractivity contribution in [1.82, 2.24) is 0 Å². The molecule has 0 atom stereocenters. The number of carbonyl (C=O) groups is 1. The Hall–Kier alpha value is -1.56. The molecule has 1 aromatic carbocycles. The highest BCUT2D eigenvalue weighted by atomic mass is 32.2. The number of benzene rings is 1. The summed E-state index contributed by atoms with van der Waals surface area (Å²) >= 11 is 0. The van der Waals surface area contributed by atoms with Crippen molar-refractivity contribution in [2.75, 3.05) is 11.5 Å². The van der Waals surface area contributed by atoms with E-state index in [2.05, 4.69) is 0 Å². The summed E-state index contributed by atoms with van der Waals surface area (Å²) in [7, 11) is -2.89. The maximum atomic E-state index is 10.9. The number of rotatable bonds is 3. The van der Waals surface area contributed by atoms with Crippen molar-refractivity contribution in [1.29, 1.82) is 0 Å². The minimum atomic E-state index is -2.89. The summed E-state index contributed by atoms with van der Waals surface area (Å²) in [5, 5.41) is 8.66. The van der Waals surface area contributed by atoms with Gasteiger partial charge in [-0.05, 0) is 24.3 Å². The Morgan fingerprint density at radius 2 is 1.81 bits per heavy atom. The second-order valence-electron chi connectivity index (χ2n) is 3.65. The minimum absolute atomic E-state index is 0.0354. The van der Waals surface area contributed by atoms with Gasteiger partial charge in [0.1, 0.15) is 11.9 Å². The van der Waals surface area contributed by atoms with Crippen molar-refractivity contribution < 1.29 is 23.1 Å². The SMILES string of the molecule is O=C(O)c1ccc(OC2CS(=O)(=O)C2)cc1. The lowest BCUT2D eigenvalue weighted by Gasteiger charge is -2.26. The molecule has 16 heavy (non-hydrogen) atoms. The van der Waals surface area contributed by atoms with Crippen molar-refractivity contribution >= 4 is 15.8 Å². The number of hydrogen-bond donors (Lipinski definition) is 1. The molecular weight excluding hydrogens is 232 g/mol. The van der Waals surface area contributed by atoms with Crippen molar-refractivity contribution in [3.05, 3.63) is 29.8 Å². The molecule has 1 N–H and O–H groups in total. The third-order valence-electron chi connectivity index (χ3n) is 2.28. The monoisotopic (exact) mass is 242 g/mol. The fourth-order valence-electron chi connectivity index (χ4n) is 1.45. The molecule has 0 bridgehead atoms. The first-order chi connectivity index (χ1) is 7.46. The number of carboxylic acid groups (broad SMARTS) is 1. The summed E-state index contributed by atoms with van der Waals surface area (Å²) in [5.74, 6) is -0.441. The highest BCUT2D eigenvalue weighted by molar-refractivity contribution is 7.92. The molecule has 0 aromatic heterocycles. The molecule has 0 aliphatic carbocycles. The summed E-state index contributed by atoms with van der Waals surface area (Å²) in [6.45, 7) is 0. The van der Waals surface area contributed by atoms with Gasteiger partial charge in [-0.2, -0.15) is 0 Å². The van der Waals surface area contributed by atoms with Crippen LogP contribution in [0.25, 0.3) is 0 Å². The number of hydrogen-bond acceptors (Lipinski definition) is 4. The molecule has 6 heteroatoms. The van der Waals surface area contributed by atoms with Crippen LogP contribution in [0.1, 0.15) is 10.4 Å². The maximum absolute atomic E-state index is 10.9. The van der Waals surface area contributed by atoms with Gasteiger partial charge in [0, 0.05) is 0 Å². The van der Waals surface area contributed by atoms with E-state index in [1.165, 1.54) is 24.3 Å². The molecule has 1 aromatic rings.